The van der Waals surface area contributed by atoms with Gasteiger partial charge in [-0.15, -0.1) is 32.8 Å². The van der Waals surface area contributed by atoms with Gasteiger partial charge in [0.05, 0.1) is 11.0 Å². The van der Waals surface area contributed by atoms with Crippen molar-refractivity contribution in [3.8, 4) is 51.0 Å². The number of aromatic nitrogens is 4. The second kappa shape index (κ2) is 15.7. The van der Waals surface area contributed by atoms with E-state index in [1.54, 1.807) is 0 Å². The SMILES string of the molecule is Bc1c(B)c(B)c(-c2nc(-c3c(B)c(B)c(B)c(B)c3B)nc(-c3cc(-c4ccc5ccc(-n6c7ccccc7c7cc8ccccc8cc76)cc5c4)cc4oc5ccccc5c34)n2)c(B)c1B. The lowest BCUT2D eigenvalue weighted by Gasteiger charge is -2.22. The van der Waals surface area contributed by atoms with Crippen LogP contribution >= 0.6 is 0 Å². The molecule has 3 heterocycles. The van der Waals surface area contributed by atoms with Crippen molar-refractivity contribution in [2.45, 2.75) is 0 Å². The maximum absolute atomic E-state index is 6.77. The molecule has 0 amide bonds. The van der Waals surface area contributed by atoms with Crippen molar-refractivity contribution >= 4 is 198 Å². The Morgan fingerprint density at radius 1 is 0.353 bits per heavy atom. The van der Waals surface area contributed by atoms with Crippen LogP contribution in [-0.4, -0.2) is 98.0 Å². The summed E-state index contributed by atoms with van der Waals surface area (Å²) in [5.74, 6) is 1.99. The zero-order valence-electron chi connectivity index (χ0n) is 40.4. The van der Waals surface area contributed by atoms with E-state index in [0.717, 1.165) is 60.8 Å². The molecule has 0 saturated heterocycles. The second-order valence-corrected chi connectivity index (χ2v) is 19.1. The predicted octanol–water partition coefficient (Wildman–Crippen LogP) is -3.57. The number of hydrogen-bond acceptors (Lipinski definition) is 4. The van der Waals surface area contributed by atoms with Crippen molar-refractivity contribution in [3.63, 3.8) is 0 Å². The van der Waals surface area contributed by atoms with Gasteiger partial charge in [0.25, 0.3) is 0 Å². The molecule has 5 nitrogen and oxygen atoms in total. The van der Waals surface area contributed by atoms with Crippen molar-refractivity contribution in [3.05, 3.63) is 133 Å². The largest absolute Gasteiger partial charge is 0.456 e. The molecule has 12 rings (SSSR count). The first-order valence-electron chi connectivity index (χ1n) is 23.7. The summed E-state index contributed by atoms with van der Waals surface area (Å²) in [6, 6.07) is 48.4. The van der Waals surface area contributed by atoms with Crippen LogP contribution in [0.5, 0.6) is 0 Å². The van der Waals surface area contributed by atoms with Gasteiger partial charge in [0.15, 0.2) is 17.5 Å². The number of rotatable bonds is 5. The van der Waals surface area contributed by atoms with Gasteiger partial charge in [0.2, 0.25) is 0 Å². The Hall–Kier alpha value is -7.24. The zero-order valence-corrected chi connectivity index (χ0v) is 40.4. The molecule has 0 aliphatic heterocycles. The minimum atomic E-state index is 0.620. The van der Waals surface area contributed by atoms with E-state index in [1.165, 1.54) is 92.6 Å². The summed E-state index contributed by atoms with van der Waals surface area (Å²) < 4.78 is 9.18. The quantitative estimate of drug-likeness (QED) is 0.169. The van der Waals surface area contributed by atoms with Crippen LogP contribution in [0.4, 0.5) is 0 Å². The topological polar surface area (TPSA) is 56.7 Å². The molecule has 0 N–H and O–H groups in total. The summed E-state index contributed by atoms with van der Waals surface area (Å²) >= 11 is 0. The minimum Gasteiger partial charge on any atom is -0.456 e. The van der Waals surface area contributed by atoms with Crippen LogP contribution in [0.1, 0.15) is 0 Å². The minimum absolute atomic E-state index is 0.620. The Labute approximate surface area is 404 Å². The van der Waals surface area contributed by atoms with Crippen molar-refractivity contribution < 1.29 is 4.42 Å². The number of para-hydroxylation sites is 2. The van der Waals surface area contributed by atoms with Crippen LogP contribution in [-0.2, 0) is 0 Å². The van der Waals surface area contributed by atoms with Crippen molar-refractivity contribution in [2.24, 2.45) is 0 Å². The molecule has 0 spiro atoms. The van der Waals surface area contributed by atoms with E-state index in [9.17, 15) is 0 Å². The molecule has 0 saturated carbocycles. The molecule has 0 atom stereocenters. The van der Waals surface area contributed by atoms with Gasteiger partial charge in [-0.1, -0.05) is 101 Å². The average Bonchev–Trinajstić information content (AvgIpc) is 3.90. The average molecular weight is 859 g/mol. The van der Waals surface area contributed by atoms with Crippen LogP contribution in [0.15, 0.2) is 138 Å². The molecule has 9 aromatic carbocycles. The molecule has 310 valence electrons. The van der Waals surface area contributed by atoms with Crippen molar-refractivity contribution in [1.29, 1.82) is 0 Å². The van der Waals surface area contributed by atoms with Crippen LogP contribution < -0.4 is 54.6 Å². The summed E-state index contributed by atoms with van der Waals surface area (Å²) in [6.45, 7) is 0. The Morgan fingerprint density at radius 3 is 1.56 bits per heavy atom. The maximum atomic E-state index is 6.77. The van der Waals surface area contributed by atoms with Crippen LogP contribution in [0, 0.1) is 0 Å². The third-order valence-corrected chi connectivity index (χ3v) is 15.8. The maximum Gasteiger partial charge on any atom is 0.164 e. The summed E-state index contributed by atoms with van der Waals surface area (Å²) in [5.41, 5.74) is 22.7. The molecular weight excluding hydrogens is 817 g/mol. The number of hydrogen-bond donors (Lipinski definition) is 0. The first-order valence-corrected chi connectivity index (χ1v) is 23.7. The highest BCUT2D eigenvalue weighted by molar-refractivity contribution is 6.70. The van der Waals surface area contributed by atoms with E-state index in [-0.39, 0.29) is 0 Å². The van der Waals surface area contributed by atoms with E-state index in [0.29, 0.717) is 17.5 Å². The van der Waals surface area contributed by atoms with E-state index in [1.807, 2.05) is 12.1 Å². The summed E-state index contributed by atoms with van der Waals surface area (Å²) in [6.07, 6.45) is 0. The lowest BCUT2D eigenvalue weighted by molar-refractivity contribution is 0.669. The normalized spacial score (nSPS) is 11.8. The molecule has 3 aromatic heterocycles. The Balaban J connectivity index is 1.10. The van der Waals surface area contributed by atoms with Gasteiger partial charge in [0, 0.05) is 43.9 Å². The summed E-state index contributed by atoms with van der Waals surface area (Å²) in [4.78, 5) is 16.5. The lowest BCUT2D eigenvalue weighted by Crippen LogP contribution is -2.55. The highest BCUT2D eigenvalue weighted by atomic mass is 16.3. The van der Waals surface area contributed by atoms with Gasteiger partial charge in [-0.2, -0.15) is 0 Å². The molecule has 0 bridgehead atoms. The molecule has 12 aromatic rings. The molecule has 15 heteroatoms. The molecular formula is C53H42B10N4O. The molecule has 0 aliphatic carbocycles. The van der Waals surface area contributed by atoms with E-state index < -0.39 is 0 Å². The highest BCUT2D eigenvalue weighted by Gasteiger charge is 2.24. The van der Waals surface area contributed by atoms with E-state index >= 15 is 0 Å². The van der Waals surface area contributed by atoms with Gasteiger partial charge in [-0.05, 0) is 87.3 Å². The monoisotopic (exact) mass is 860 g/mol. The van der Waals surface area contributed by atoms with Crippen molar-refractivity contribution in [2.75, 3.05) is 0 Å². The number of fused-ring (bicyclic) bond motifs is 8. The molecule has 0 aliphatic rings. The Morgan fingerprint density at radius 2 is 0.897 bits per heavy atom. The lowest BCUT2D eigenvalue weighted by atomic mass is 9.60. The number of nitrogens with zero attached hydrogens (tertiary/aromatic N) is 4. The summed E-state index contributed by atoms with van der Waals surface area (Å²) in [5, 5.41) is 9.30. The third-order valence-electron chi connectivity index (χ3n) is 15.8. The zero-order chi connectivity index (χ0) is 46.9. The first kappa shape index (κ1) is 42.1. The summed E-state index contributed by atoms with van der Waals surface area (Å²) in [7, 11) is 22.1. The van der Waals surface area contributed by atoms with E-state index in [2.05, 4.69) is 204 Å². The van der Waals surface area contributed by atoms with Gasteiger partial charge in [-0.25, -0.2) is 15.0 Å². The highest BCUT2D eigenvalue weighted by Crippen LogP contribution is 2.41. The van der Waals surface area contributed by atoms with Gasteiger partial charge in [0.1, 0.15) is 89.6 Å². The van der Waals surface area contributed by atoms with Crippen molar-refractivity contribution in [1.82, 2.24) is 19.5 Å². The Kier molecular flexibility index (Phi) is 9.71. The standard InChI is InChI=1S/C53H42B10N4O/c54-41-39(42(55)46(59)49(62)45(41)58)52-64-51(65-53(66-52)40-43(56)47(60)50(63)48(61)44(40)57)33-20-28(22-37-38(33)31-10-4-6-12-36(31)68-37)26-14-13-23-15-16-29(18-27(23)17-26)67-34-11-5-3-9-30(34)32-19-24-7-1-2-8-25(24)21-35(32)67/h1-22H,54-63H2. The third kappa shape index (κ3) is 6.35. The van der Waals surface area contributed by atoms with Crippen LogP contribution in [0.25, 0.3) is 116 Å². The molecule has 0 radical (unpaired) electrons. The predicted molar refractivity (Wildman–Crippen MR) is 320 cm³/mol. The second-order valence-electron chi connectivity index (χ2n) is 19.1. The Bertz CT molecular complexity index is 4040. The number of furan rings is 1. The van der Waals surface area contributed by atoms with Gasteiger partial charge < -0.3 is 8.98 Å². The fourth-order valence-electron chi connectivity index (χ4n) is 11.1. The number of benzene rings is 9. The molecule has 0 fully saturated rings. The van der Waals surface area contributed by atoms with Crippen LogP contribution in [0.3, 0.4) is 0 Å². The fourth-order valence-corrected chi connectivity index (χ4v) is 11.1. The van der Waals surface area contributed by atoms with Gasteiger partial charge >= 0.3 is 0 Å². The molecule has 0 unspecified atom stereocenters. The van der Waals surface area contributed by atoms with E-state index in [4.69, 9.17) is 19.4 Å². The molecule has 68 heavy (non-hydrogen) atoms. The fraction of sp³-hybridized carbons (Fsp3) is 0. The first-order chi connectivity index (χ1) is 32.9. The van der Waals surface area contributed by atoms with Gasteiger partial charge in [-0.3, -0.25) is 0 Å². The smallest absolute Gasteiger partial charge is 0.164 e. The van der Waals surface area contributed by atoms with Crippen LogP contribution in [0.2, 0.25) is 0 Å².